The van der Waals surface area contributed by atoms with E-state index in [4.69, 9.17) is 0 Å². The van der Waals surface area contributed by atoms with Gasteiger partial charge in [0, 0.05) is 13.1 Å². The molecule has 190 valence electrons. The molecular formula is C28H33N3O4S. The lowest BCUT2D eigenvalue weighted by Gasteiger charge is -2.32. The van der Waals surface area contributed by atoms with Gasteiger partial charge in [0.05, 0.1) is 10.6 Å². The minimum absolute atomic E-state index is 0.0837. The number of likely N-dealkylation sites (N-methyl/N-ethyl adjacent to an activating group) is 1. The summed E-state index contributed by atoms with van der Waals surface area (Å²) >= 11 is 0. The van der Waals surface area contributed by atoms with Gasteiger partial charge in [-0.05, 0) is 57.5 Å². The van der Waals surface area contributed by atoms with Crippen LogP contribution in [0.4, 0.5) is 5.69 Å². The first kappa shape index (κ1) is 26.9. The monoisotopic (exact) mass is 507 g/mol. The van der Waals surface area contributed by atoms with Gasteiger partial charge in [0.1, 0.15) is 12.6 Å². The molecule has 0 spiro atoms. The smallest absolute Gasteiger partial charge is 0.264 e. The summed E-state index contributed by atoms with van der Waals surface area (Å²) in [5, 5.41) is 2.76. The van der Waals surface area contributed by atoms with Crippen molar-refractivity contribution in [3.05, 3.63) is 95.6 Å². The summed E-state index contributed by atoms with van der Waals surface area (Å²) in [5.41, 5.74) is 3.22. The summed E-state index contributed by atoms with van der Waals surface area (Å²) in [7, 11) is -4.05. The second-order valence-electron chi connectivity index (χ2n) is 8.74. The predicted octanol–water partition coefficient (Wildman–Crippen LogP) is 4.05. The quantitative estimate of drug-likeness (QED) is 0.449. The van der Waals surface area contributed by atoms with Crippen LogP contribution in [0.15, 0.2) is 83.8 Å². The number of hydrogen-bond acceptors (Lipinski definition) is 4. The van der Waals surface area contributed by atoms with Crippen LogP contribution < -0.4 is 9.62 Å². The fraction of sp³-hybridized carbons (Fsp3) is 0.286. The first-order chi connectivity index (χ1) is 17.1. The molecule has 8 heteroatoms. The van der Waals surface area contributed by atoms with Crippen LogP contribution in [0.2, 0.25) is 0 Å². The van der Waals surface area contributed by atoms with Crippen LogP contribution in [-0.4, -0.2) is 44.3 Å². The van der Waals surface area contributed by atoms with E-state index in [1.165, 1.54) is 17.0 Å². The number of amides is 2. The van der Waals surface area contributed by atoms with Gasteiger partial charge in [-0.25, -0.2) is 8.42 Å². The van der Waals surface area contributed by atoms with Crippen LogP contribution in [0.5, 0.6) is 0 Å². The van der Waals surface area contributed by atoms with Crippen LogP contribution >= 0.6 is 0 Å². The Morgan fingerprint density at radius 1 is 0.889 bits per heavy atom. The van der Waals surface area contributed by atoms with E-state index in [-0.39, 0.29) is 17.3 Å². The van der Waals surface area contributed by atoms with Crippen LogP contribution in [0, 0.1) is 13.8 Å². The number of nitrogens with one attached hydrogen (secondary N) is 1. The highest BCUT2D eigenvalue weighted by Crippen LogP contribution is 2.25. The van der Waals surface area contributed by atoms with E-state index in [0.29, 0.717) is 12.2 Å². The van der Waals surface area contributed by atoms with Gasteiger partial charge in [-0.15, -0.1) is 0 Å². The van der Waals surface area contributed by atoms with Crippen molar-refractivity contribution in [3.8, 4) is 0 Å². The van der Waals surface area contributed by atoms with Gasteiger partial charge < -0.3 is 10.2 Å². The van der Waals surface area contributed by atoms with E-state index in [9.17, 15) is 18.0 Å². The van der Waals surface area contributed by atoms with Crippen molar-refractivity contribution in [3.63, 3.8) is 0 Å². The maximum Gasteiger partial charge on any atom is 0.264 e. The molecule has 3 aromatic rings. The molecule has 0 aliphatic rings. The lowest BCUT2D eigenvalue weighted by molar-refractivity contribution is -0.139. The highest BCUT2D eigenvalue weighted by Gasteiger charge is 2.32. The zero-order valence-electron chi connectivity index (χ0n) is 21.1. The molecule has 0 radical (unpaired) electrons. The van der Waals surface area contributed by atoms with E-state index < -0.39 is 28.5 Å². The van der Waals surface area contributed by atoms with Gasteiger partial charge in [-0.3, -0.25) is 13.9 Å². The number of rotatable bonds is 10. The third-order valence-electron chi connectivity index (χ3n) is 5.89. The maximum atomic E-state index is 13.8. The van der Waals surface area contributed by atoms with Crippen molar-refractivity contribution >= 4 is 27.5 Å². The van der Waals surface area contributed by atoms with E-state index in [0.717, 1.165) is 21.0 Å². The third-order valence-corrected chi connectivity index (χ3v) is 7.67. The number of hydrogen-bond donors (Lipinski definition) is 1. The lowest BCUT2D eigenvalue weighted by Crippen LogP contribution is -2.51. The summed E-state index contributed by atoms with van der Waals surface area (Å²) in [6.45, 7) is 7.47. The first-order valence-electron chi connectivity index (χ1n) is 11.9. The molecule has 0 aromatic heterocycles. The van der Waals surface area contributed by atoms with Gasteiger partial charge in [0.15, 0.2) is 0 Å². The largest absolute Gasteiger partial charge is 0.355 e. The van der Waals surface area contributed by atoms with Gasteiger partial charge in [-0.2, -0.15) is 0 Å². The van der Waals surface area contributed by atoms with Crippen LogP contribution in [0.25, 0.3) is 0 Å². The molecule has 0 bridgehead atoms. The molecule has 0 saturated heterocycles. The number of anilines is 1. The SMILES string of the molecule is CCNC(=O)[C@@H](C)N(Cc1cccc(C)c1)C(=O)CN(c1ccc(C)cc1)S(=O)(=O)c1ccccc1. The fourth-order valence-electron chi connectivity index (χ4n) is 3.87. The summed E-state index contributed by atoms with van der Waals surface area (Å²) in [6.07, 6.45) is 0. The Balaban J connectivity index is 2.01. The normalized spacial score (nSPS) is 12.0. The van der Waals surface area contributed by atoms with Crippen molar-refractivity contribution < 1.29 is 18.0 Å². The van der Waals surface area contributed by atoms with Crippen LogP contribution in [-0.2, 0) is 26.2 Å². The molecule has 1 N–H and O–H groups in total. The molecule has 0 heterocycles. The third kappa shape index (κ3) is 6.51. The van der Waals surface area contributed by atoms with Crippen LogP contribution in [0.3, 0.4) is 0 Å². The number of nitrogens with zero attached hydrogens (tertiary/aromatic N) is 2. The highest BCUT2D eigenvalue weighted by molar-refractivity contribution is 7.92. The highest BCUT2D eigenvalue weighted by atomic mass is 32.2. The molecule has 0 saturated carbocycles. The summed E-state index contributed by atoms with van der Waals surface area (Å²) in [5.74, 6) is -0.776. The Kier molecular flexibility index (Phi) is 8.88. The Morgan fingerprint density at radius 2 is 1.56 bits per heavy atom. The Morgan fingerprint density at radius 3 is 2.17 bits per heavy atom. The topological polar surface area (TPSA) is 86.8 Å². The van der Waals surface area contributed by atoms with Gasteiger partial charge in [0.2, 0.25) is 11.8 Å². The zero-order chi connectivity index (χ0) is 26.3. The molecule has 3 aromatic carbocycles. The zero-order valence-corrected chi connectivity index (χ0v) is 22.0. The Hall–Kier alpha value is -3.65. The molecule has 1 atom stereocenters. The van der Waals surface area contributed by atoms with Crippen molar-refractivity contribution in [1.29, 1.82) is 0 Å². The minimum Gasteiger partial charge on any atom is -0.355 e. The van der Waals surface area contributed by atoms with Crippen molar-refractivity contribution in [2.75, 3.05) is 17.4 Å². The van der Waals surface area contributed by atoms with Crippen molar-refractivity contribution in [2.45, 2.75) is 45.2 Å². The van der Waals surface area contributed by atoms with Gasteiger partial charge in [-0.1, -0.05) is 65.7 Å². The first-order valence-corrected chi connectivity index (χ1v) is 13.3. The second-order valence-corrected chi connectivity index (χ2v) is 10.6. The molecule has 36 heavy (non-hydrogen) atoms. The fourth-order valence-corrected chi connectivity index (χ4v) is 5.31. The molecule has 7 nitrogen and oxygen atoms in total. The van der Waals surface area contributed by atoms with E-state index >= 15 is 0 Å². The average molecular weight is 508 g/mol. The van der Waals surface area contributed by atoms with Crippen molar-refractivity contribution in [1.82, 2.24) is 10.2 Å². The second kappa shape index (κ2) is 11.9. The molecule has 0 fully saturated rings. The Labute approximate surface area is 213 Å². The standard InChI is InChI=1S/C28H33N3O4S/c1-5-29-28(33)23(4)30(19-24-11-9-10-22(3)18-24)27(32)20-31(25-16-14-21(2)15-17-25)36(34,35)26-12-7-6-8-13-26/h6-18,23H,5,19-20H2,1-4H3,(H,29,33)/t23-/m1/s1. The number of carbonyl (C=O) groups is 2. The van der Waals surface area contributed by atoms with Crippen molar-refractivity contribution in [2.24, 2.45) is 0 Å². The number of sulfonamides is 1. The molecular weight excluding hydrogens is 474 g/mol. The molecule has 3 rings (SSSR count). The lowest BCUT2D eigenvalue weighted by atomic mass is 10.1. The van der Waals surface area contributed by atoms with Crippen LogP contribution in [0.1, 0.15) is 30.5 Å². The summed E-state index contributed by atoms with van der Waals surface area (Å²) in [4.78, 5) is 28.0. The molecule has 0 unspecified atom stereocenters. The molecule has 2 amide bonds. The number of aryl methyl sites for hydroxylation is 2. The van der Waals surface area contributed by atoms with Gasteiger partial charge in [0.25, 0.3) is 10.0 Å². The Bertz CT molecular complexity index is 1290. The molecule has 0 aliphatic heterocycles. The van der Waals surface area contributed by atoms with E-state index in [1.807, 2.05) is 45.0 Å². The minimum atomic E-state index is -4.05. The predicted molar refractivity (Wildman–Crippen MR) is 142 cm³/mol. The number of benzene rings is 3. The van der Waals surface area contributed by atoms with E-state index in [1.54, 1.807) is 49.4 Å². The van der Waals surface area contributed by atoms with Gasteiger partial charge >= 0.3 is 0 Å². The maximum absolute atomic E-state index is 13.8. The number of carbonyl (C=O) groups excluding carboxylic acids is 2. The van der Waals surface area contributed by atoms with E-state index in [2.05, 4.69) is 5.32 Å². The summed E-state index contributed by atoms with van der Waals surface area (Å²) in [6, 6.07) is 21.9. The molecule has 0 aliphatic carbocycles. The summed E-state index contributed by atoms with van der Waals surface area (Å²) < 4.78 is 28.4. The average Bonchev–Trinajstić information content (AvgIpc) is 2.86.